The van der Waals surface area contributed by atoms with Gasteiger partial charge in [-0.05, 0) is 23.0 Å². The largest absolute Gasteiger partial charge is 0.371 e. The Morgan fingerprint density at radius 1 is 0.733 bits per heavy atom. The van der Waals surface area contributed by atoms with Crippen molar-refractivity contribution in [3.63, 3.8) is 0 Å². The number of halogens is 3. The first-order valence-corrected chi connectivity index (χ1v) is 10.3. The summed E-state index contributed by atoms with van der Waals surface area (Å²) in [6.07, 6.45) is 0. The standard InChI is InChI=1S/C25H23F3N2/c26-22-11-19(12-23(27)24(22)28)29-15-20-21(16-29)25(20)30(13-17-7-3-1-4-8-17)14-18-9-5-2-6-10-18/h1-12,20-21,25H,13-16H2/t20-,21?,25?/m0/s1. The topological polar surface area (TPSA) is 6.48 Å². The average molecular weight is 408 g/mol. The summed E-state index contributed by atoms with van der Waals surface area (Å²) < 4.78 is 40.6. The van der Waals surface area contributed by atoms with Crippen molar-refractivity contribution in [2.45, 2.75) is 19.1 Å². The van der Waals surface area contributed by atoms with E-state index < -0.39 is 17.5 Å². The molecule has 0 spiro atoms. The maximum atomic E-state index is 13.6. The van der Waals surface area contributed by atoms with Gasteiger partial charge in [0.1, 0.15) is 0 Å². The van der Waals surface area contributed by atoms with E-state index in [0.29, 0.717) is 23.6 Å². The summed E-state index contributed by atoms with van der Waals surface area (Å²) in [7, 11) is 0. The molecule has 5 heteroatoms. The van der Waals surface area contributed by atoms with Crippen LogP contribution >= 0.6 is 0 Å². The van der Waals surface area contributed by atoms with Crippen LogP contribution < -0.4 is 4.90 Å². The fourth-order valence-corrected chi connectivity index (χ4v) is 4.87. The van der Waals surface area contributed by atoms with Crippen LogP contribution in [-0.2, 0) is 13.1 Å². The maximum Gasteiger partial charge on any atom is 0.194 e. The second-order valence-electron chi connectivity index (χ2n) is 8.32. The lowest BCUT2D eigenvalue weighted by Crippen LogP contribution is -2.34. The Morgan fingerprint density at radius 2 is 1.20 bits per heavy atom. The van der Waals surface area contributed by atoms with E-state index in [1.54, 1.807) is 0 Å². The number of hydrogen-bond acceptors (Lipinski definition) is 2. The molecule has 3 atom stereocenters. The molecule has 30 heavy (non-hydrogen) atoms. The van der Waals surface area contributed by atoms with Gasteiger partial charge >= 0.3 is 0 Å². The number of rotatable bonds is 6. The third-order valence-electron chi connectivity index (χ3n) is 6.36. The highest BCUT2D eigenvalue weighted by atomic mass is 19.2. The second kappa shape index (κ2) is 7.80. The van der Waals surface area contributed by atoms with Crippen molar-refractivity contribution in [3.05, 3.63) is 101 Å². The van der Waals surface area contributed by atoms with E-state index in [0.717, 1.165) is 38.3 Å². The van der Waals surface area contributed by atoms with Gasteiger partial charge in [0.25, 0.3) is 0 Å². The van der Waals surface area contributed by atoms with E-state index in [9.17, 15) is 13.2 Å². The van der Waals surface area contributed by atoms with Crippen LogP contribution in [0.2, 0.25) is 0 Å². The molecule has 0 amide bonds. The zero-order valence-corrected chi connectivity index (χ0v) is 16.5. The lowest BCUT2D eigenvalue weighted by Gasteiger charge is -2.28. The first kappa shape index (κ1) is 19.2. The molecule has 3 aromatic rings. The van der Waals surface area contributed by atoms with Gasteiger partial charge in [0.05, 0.1) is 0 Å². The average Bonchev–Trinajstić information content (AvgIpc) is 3.25. The Balaban J connectivity index is 1.31. The Hall–Kier alpha value is -2.79. The Kier molecular flexibility index (Phi) is 4.99. The molecule has 1 saturated carbocycles. The van der Waals surface area contributed by atoms with Crippen LogP contribution in [0.5, 0.6) is 0 Å². The van der Waals surface area contributed by atoms with Crippen molar-refractivity contribution in [2.24, 2.45) is 11.8 Å². The molecule has 1 aliphatic carbocycles. The quantitative estimate of drug-likeness (QED) is 0.515. The zero-order valence-electron chi connectivity index (χ0n) is 16.5. The fourth-order valence-electron chi connectivity index (χ4n) is 4.87. The highest BCUT2D eigenvalue weighted by molar-refractivity contribution is 5.50. The summed E-state index contributed by atoms with van der Waals surface area (Å²) in [5.41, 5.74) is 2.98. The highest BCUT2D eigenvalue weighted by Crippen LogP contribution is 2.50. The van der Waals surface area contributed by atoms with Gasteiger partial charge in [0.15, 0.2) is 17.5 Å². The predicted molar refractivity (Wildman–Crippen MR) is 111 cm³/mol. The summed E-state index contributed by atoms with van der Waals surface area (Å²) >= 11 is 0. The van der Waals surface area contributed by atoms with Gasteiger partial charge in [-0.3, -0.25) is 4.90 Å². The second-order valence-corrected chi connectivity index (χ2v) is 8.32. The van der Waals surface area contributed by atoms with Crippen LogP contribution in [0.15, 0.2) is 72.8 Å². The molecular weight excluding hydrogens is 385 g/mol. The normalized spacial score (nSPS) is 22.4. The molecular formula is C25H23F3N2. The van der Waals surface area contributed by atoms with Crippen molar-refractivity contribution in [2.75, 3.05) is 18.0 Å². The molecule has 3 aromatic carbocycles. The fraction of sp³-hybridized carbons (Fsp3) is 0.280. The summed E-state index contributed by atoms with van der Waals surface area (Å²) in [6, 6.07) is 23.5. The number of hydrogen-bond donors (Lipinski definition) is 0. The third-order valence-corrected chi connectivity index (χ3v) is 6.36. The monoisotopic (exact) mass is 408 g/mol. The molecule has 1 saturated heterocycles. The molecule has 2 fully saturated rings. The third kappa shape index (κ3) is 3.70. The molecule has 0 bridgehead atoms. The Bertz CT molecular complexity index is 949. The first-order chi connectivity index (χ1) is 14.6. The summed E-state index contributed by atoms with van der Waals surface area (Å²) in [5, 5.41) is 0. The van der Waals surface area contributed by atoms with Gasteiger partial charge in [-0.25, -0.2) is 13.2 Å². The van der Waals surface area contributed by atoms with Crippen LogP contribution in [-0.4, -0.2) is 24.0 Å². The van der Waals surface area contributed by atoms with Gasteiger partial charge in [0.2, 0.25) is 0 Å². The van der Waals surface area contributed by atoms with Gasteiger partial charge in [0, 0.05) is 50.0 Å². The molecule has 5 rings (SSSR count). The zero-order chi connectivity index (χ0) is 20.7. The molecule has 0 aromatic heterocycles. The molecule has 2 aliphatic rings. The first-order valence-electron chi connectivity index (χ1n) is 10.3. The number of benzene rings is 3. The van der Waals surface area contributed by atoms with Crippen molar-refractivity contribution < 1.29 is 13.2 Å². The van der Waals surface area contributed by atoms with Gasteiger partial charge < -0.3 is 4.90 Å². The SMILES string of the molecule is Fc1cc(N2CC3C(N(Cc4ccccc4)Cc4ccccc4)[C@H]3C2)cc(F)c1F. The minimum Gasteiger partial charge on any atom is -0.371 e. The summed E-state index contributed by atoms with van der Waals surface area (Å²) in [5.74, 6) is -2.76. The highest BCUT2D eigenvalue weighted by Gasteiger charge is 2.58. The number of fused-ring (bicyclic) bond motifs is 1. The van der Waals surface area contributed by atoms with Crippen molar-refractivity contribution in [3.8, 4) is 0 Å². The molecule has 2 nitrogen and oxygen atoms in total. The Morgan fingerprint density at radius 3 is 1.67 bits per heavy atom. The number of piperidine rings is 1. The molecule has 1 aliphatic heterocycles. The molecule has 0 radical (unpaired) electrons. The van der Waals surface area contributed by atoms with E-state index in [1.165, 1.54) is 11.1 Å². The minimum atomic E-state index is -1.40. The van der Waals surface area contributed by atoms with Crippen LogP contribution in [0.1, 0.15) is 11.1 Å². The van der Waals surface area contributed by atoms with E-state index in [1.807, 2.05) is 17.0 Å². The Labute approximate surface area is 174 Å². The van der Waals surface area contributed by atoms with Crippen LogP contribution in [0.4, 0.5) is 18.9 Å². The molecule has 1 heterocycles. The van der Waals surface area contributed by atoms with E-state index >= 15 is 0 Å². The van der Waals surface area contributed by atoms with Gasteiger partial charge in [-0.1, -0.05) is 60.7 Å². The summed E-state index contributed by atoms with van der Waals surface area (Å²) in [6.45, 7) is 3.21. The van der Waals surface area contributed by atoms with Crippen LogP contribution in [0.3, 0.4) is 0 Å². The van der Waals surface area contributed by atoms with E-state index in [2.05, 4.69) is 53.4 Å². The minimum absolute atomic E-state index is 0.426. The van der Waals surface area contributed by atoms with Crippen LogP contribution in [0.25, 0.3) is 0 Å². The van der Waals surface area contributed by atoms with Crippen molar-refractivity contribution in [1.29, 1.82) is 0 Å². The van der Waals surface area contributed by atoms with Gasteiger partial charge in [-0.15, -0.1) is 0 Å². The lowest BCUT2D eigenvalue weighted by molar-refractivity contribution is 0.222. The summed E-state index contributed by atoms with van der Waals surface area (Å²) in [4.78, 5) is 4.49. The smallest absolute Gasteiger partial charge is 0.194 e. The number of anilines is 1. The maximum absolute atomic E-state index is 13.6. The van der Waals surface area contributed by atoms with Crippen LogP contribution in [0, 0.1) is 29.3 Å². The lowest BCUT2D eigenvalue weighted by atomic mass is 10.1. The van der Waals surface area contributed by atoms with E-state index in [4.69, 9.17) is 0 Å². The van der Waals surface area contributed by atoms with Crippen molar-refractivity contribution >= 4 is 5.69 Å². The predicted octanol–water partition coefficient (Wildman–Crippen LogP) is 5.24. The van der Waals surface area contributed by atoms with Crippen molar-refractivity contribution in [1.82, 2.24) is 4.90 Å². The molecule has 0 N–H and O–H groups in total. The van der Waals surface area contributed by atoms with Gasteiger partial charge in [-0.2, -0.15) is 0 Å². The molecule has 2 unspecified atom stereocenters. The van der Waals surface area contributed by atoms with E-state index in [-0.39, 0.29) is 0 Å². The molecule has 154 valence electrons. The number of nitrogens with zero attached hydrogens (tertiary/aromatic N) is 2.